The normalized spacial score (nSPS) is 16.6. The predicted molar refractivity (Wildman–Crippen MR) is 94.7 cm³/mol. The third kappa shape index (κ3) is 3.06. The summed E-state index contributed by atoms with van der Waals surface area (Å²) in [5, 5.41) is 0. The van der Waals surface area contributed by atoms with Gasteiger partial charge in [-0.1, -0.05) is 19.3 Å². The first-order chi connectivity index (χ1) is 11.4. The van der Waals surface area contributed by atoms with Crippen LogP contribution in [-0.2, 0) is 10.0 Å². The molecule has 2 aromatic rings. The summed E-state index contributed by atoms with van der Waals surface area (Å²) in [5.74, 6) is 1.46. The molecule has 1 aromatic heterocycles. The summed E-state index contributed by atoms with van der Waals surface area (Å²) in [5.41, 5.74) is 7.40. The Morgan fingerprint density at radius 2 is 1.92 bits per heavy atom. The van der Waals surface area contributed by atoms with Crippen LogP contribution in [0.25, 0.3) is 5.69 Å². The van der Waals surface area contributed by atoms with Crippen molar-refractivity contribution in [3.05, 3.63) is 36.4 Å². The topological polar surface area (TPSA) is 81.2 Å². The molecule has 7 heteroatoms. The van der Waals surface area contributed by atoms with Crippen molar-refractivity contribution in [1.29, 1.82) is 0 Å². The molecule has 0 bridgehead atoms. The summed E-state index contributed by atoms with van der Waals surface area (Å²) >= 11 is 0. The molecule has 1 aliphatic rings. The first-order valence-electron chi connectivity index (χ1n) is 8.27. The van der Waals surface area contributed by atoms with Crippen LogP contribution in [0, 0.1) is 0 Å². The number of aromatic nitrogens is 2. The molecule has 0 amide bonds. The number of hydrogen-bond acceptors (Lipinski definition) is 4. The lowest BCUT2D eigenvalue weighted by atomic mass is 9.88. The number of sulfonamides is 1. The van der Waals surface area contributed by atoms with E-state index < -0.39 is 10.0 Å². The van der Waals surface area contributed by atoms with E-state index in [1.165, 1.54) is 43.7 Å². The average molecular weight is 348 g/mol. The van der Waals surface area contributed by atoms with Gasteiger partial charge in [-0.2, -0.15) is 0 Å². The van der Waals surface area contributed by atoms with Crippen molar-refractivity contribution in [3.8, 4) is 5.69 Å². The third-order valence-electron chi connectivity index (χ3n) is 4.68. The van der Waals surface area contributed by atoms with Crippen LogP contribution in [0.3, 0.4) is 0 Å². The molecule has 24 heavy (non-hydrogen) atoms. The number of nitrogen functional groups attached to an aromatic ring is 1. The fourth-order valence-electron chi connectivity index (χ4n) is 3.30. The molecule has 1 heterocycles. The van der Waals surface area contributed by atoms with Gasteiger partial charge < -0.3 is 10.3 Å². The molecule has 0 unspecified atom stereocenters. The number of benzene rings is 1. The highest BCUT2D eigenvalue weighted by Crippen LogP contribution is 2.34. The zero-order chi connectivity index (χ0) is 17.3. The second-order valence-electron chi connectivity index (χ2n) is 6.50. The number of imidazole rings is 1. The van der Waals surface area contributed by atoms with Crippen LogP contribution in [0.5, 0.6) is 0 Å². The molecule has 3 rings (SSSR count). The average Bonchev–Trinajstić information content (AvgIpc) is 3.04. The van der Waals surface area contributed by atoms with Gasteiger partial charge in [-0.15, -0.1) is 0 Å². The van der Waals surface area contributed by atoms with Gasteiger partial charge in [0.2, 0.25) is 10.0 Å². The van der Waals surface area contributed by atoms with E-state index in [0.717, 1.165) is 24.4 Å². The molecule has 0 aliphatic heterocycles. The minimum Gasteiger partial charge on any atom is -0.397 e. The van der Waals surface area contributed by atoms with Gasteiger partial charge in [-0.05, 0) is 31.0 Å². The van der Waals surface area contributed by atoms with Crippen LogP contribution in [0.4, 0.5) is 5.69 Å². The highest BCUT2D eigenvalue weighted by molar-refractivity contribution is 7.89. The maximum absolute atomic E-state index is 12.2. The molecule has 1 saturated carbocycles. The minimum absolute atomic E-state index is 0.202. The largest absolute Gasteiger partial charge is 0.397 e. The Labute approximate surface area is 143 Å². The molecule has 6 nitrogen and oxygen atoms in total. The molecule has 1 aliphatic carbocycles. The van der Waals surface area contributed by atoms with Crippen molar-refractivity contribution >= 4 is 15.7 Å². The van der Waals surface area contributed by atoms with Crippen molar-refractivity contribution in [2.45, 2.75) is 42.9 Å². The molecule has 1 aromatic carbocycles. The monoisotopic (exact) mass is 348 g/mol. The molecular formula is C17H24N4O2S. The molecule has 0 radical (unpaired) electrons. The van der Waals surface area contributed by atoms with Gasteiger partial charge in [-0.25, -0.2) is 17.7 Å². The molecular weight excluding hydrogens is 324 g/mol. The first kappa shape index (κ1) is 17.0. The van der Waals surface area contributed by atoms with E-state index in [2.05, 4.69) is 4.98 Å². The molecule has 0 saturated heterocycles. The Bertz CT molecular complexity index is 821. The summed E-state index contributed by atoms with van der Waals surface area (Å²) in [7, 11) is -0.466. The van der Waals surface area contributed by atoms with Crippen molar-refractivity contribution in [3.63, 3.8) is 0 Å². The second-order valence-corrected chi connectivity index (χ2v) is 8.65. The Kier molecular flexibility index (Phi) is 4.64. The van der Waals surface area contributed by atoms with Crippen molar-refractivity contribution in [2.75, 3.05) is 19.8 Å². The van der Waals surface area contributed by atoms with E-state index in [0.29, 0.717) is 11.6 Å². The fraction of sp³-hybridized carbons (Fsp3) is 0.471. The molecule has 130 valence electrons. The Balaban J connectivity index is 1.98. The van der Waals surface area contributed by atoms with Gasteiger partial charge in [0.05, 0.1) is 16.3 Å². The standard InChI is InChI=1S/C17H24N4O2S/c1-20(2)24(22,23)14-8-9-16(15(18)12-14)21-11-10-19-17(21)13-6-4-3-5-7-13/h8-13H,3-7,18H2,1-2H3. The van der Waals surface area contributed by atoms with E-state index in [1.54, 1.807) is 18.3 Å². The Hall–Kier alpha value is -1.86. The number of nitrogens with two attached hydrogens (primary N) is 1. The number of anilines is 1. The summed E-state index contributed by atoms with van der Waals surface area (Å²) in [6.45, 7) is 0. The Morgan fingerprint density at radius 3 is 2.54 bits per heavy atom. The van der Waals surface area contributed by atoms with Gasteiger partial charge in [0, 0.05) is 32.4 Å². The molecule has 0 atom stereocenters. The third-order valence-corrected chi connectivity index (χ3v) is 6.49. The maximum atomic E-state index is 12.2. The predicted octanol–water partition coefficient (Wildman–Crippen LogP) is 2.75. The Morgan fingerprint density at radius 1 is 1.21 bits per heavy atom. The van der Waals surface area contributed by atoms with E-state index in [4.69, 9.17) is 5.73 Å². The zero-order valence-electron chi connectivity index (χ0n) is 14.1. The van der Waals surface area contributed by atoms with Crippen LogP contribution < -0.4 is 5.73 Å². The SMILES string of the molecule is CN(C)S(=O)(=O)c1ccc(-n2ccnc2C2CCCCC2)c(N)c1. The smallest absolute Gasteiger partial charge is 0.242 e. The summed E-state index contributed by atoms with van der Waals surface area (Å²) in [4.78, 5) is 4.74. The van der Waals surface area contributed by atoms with Gasteiger partial charge in [0.25, 0.3) is 0 Å². The van der Waals surface area contributed by atoms with Crippen molar-refractivity contribution in [2.24, 2.45) is 0 Å². The van der Waals surface area contributed by atoms with Gasteiger partial charge in [0.15, 0.2) is 0 Å². The fourth-order valence-corrected chi connectivity index (χ4v) is 4.24. The zero-order valence-corrected chi connectivity index (χ0v) is 15.0. The van der Waals surface area contributed by atoms with Gasteiger partial charge in [-0.3, -0.25) is 0 Å². The lowest BCUT2D eigenvalue weighted by Gasteiger charge is -2.23. The van der Waals surface area contributed by atoms with Crippen LogP contribution in [0.15, 0.2) is 35.5 Å². The van der Waals surface area contributed by atoms with Crippen LogP contribution in [0.1, 0.15) is 43.8 Å². The second kappa shape index (κ2) is 6.57. The summed E-state index contributed by atoms with van der Waals surface area (Å²) < 4.78 is 27.7. The van der Waals surface area contributed by atoms with E-state index in [9.17, 15) is 8.42 Å². The molecule has 1 fully saturated rings. The van der Waals surface area contributed by atoms with Crippen molar-refractivity contribution in [1.82, 2.24) is 13.9 Å². The quantitative estimate of drug-likeness (QED) is 0.862. The lowest BCUT2D eigenvalue weighted by Crippen LogP contribution is -2.22. The number of nitrogens with zero attached hydrogens (tertiary/aromatic N) is 3. The van der Waals surface area contributed by atoms with Crippen molar-refractivity contribution < 1.29 is 8.42 Å². The highest BCUT2D eigenvalue weighted by Gasteiger charge is 2.22. The maximum Gasteiger partial charge on any atom is 0.242 e. The van der Waals surface area contributed by atoms with Crippen LogP contribution in [0.2, 0.25) is 0 Å². The molecule has 2 N–H and O–H groups in total. The summed E-state index contributed by atoms with van der Waals surface area (Å²) in [6.07, 6.45) is 9.72. The van der Waals surface area contributed by atoms with E-state index >= 15 is 0 Å². The number of hydrogen-bond donors (Lipinski definition) is 1. The lowest BCUT2D eigenvalue weighted by molar-refractivity contribution is 0.425. The van der Waals surface area contributed by atoms with E-state index in [-0.39, 0.29) is 4.90 Å². The molecule has 0 spiro atoms. The van der Waals surface area contributed by atoms with Gasteiger partial charge in [0.1, 0.15) is 5.82 Å². The summed E-state index contributed by atoms with van der Waals surface area (Å²) in [6, 6.07) is 4.89. The minimum atomic E-state index is -3.49. The highest BCUT2D eigenvalue weighted by atomic mass is 32.2. The van der Waals surface area contributed by atoms with E-state index in [1.807, 2.05) is 10.8 Å². The first-order valence-corrected chi connectivity index (χ1v) is 9.71. The van der Waals surface area contributed by atoms with Crippen LogP contribution in [-0.4, -0.2) is 36.4 Å². The van der Waals surface area contributed by atoms with Crippen LogP contribution >= 0.6 is 0 Å². The van der Waals surface area contributed by atoms with Gasteiger partial charge >= 0.3 is 0 Å². The number of rotatable bonds is 4.